The van der Waals surface area contributed by atoms with Crippen molar-refractivity contribution in [3.63, 3.8) is 0 Å². The summed E-state index contributed by atoms with van der Waals surface area (Å²) < 4.78 is 39.1. The first kappa shape index (κ1) is 12.9. The molecule has 0 bridgehead atoms. The molecule has 98 valence electrons. The van der Waals surface area contributed by atoms with Crippen molar-refractivity contribution in [3.8, 4) is 5.75 Å². The number of anilines is 1. The summed E-state index contributed by atoms with van der Waals surface area (Å²) in [6.45, 7) is 0. The van der Waals surface area contributed by atoms with E-state index in [1.165, 1.54) is 24.3 Å². The molecule has 2 rings (SSSR count). The van der Waals surface area contributed by atoms with Crippen LogP contribution in [0, 0.1) is 17.5 Å². The van der Waals surface area contributed by atoms with Crippen LogP contribution in [0.15, 0.2) is 36.4 Å². The van der Waals surface area contributed by atoms with Crippen LogP contribution >= 0.6 is 0 Å². The molecule has 0 aliphatic rings. The molecule has 0 heterocycles. The first-order chi connectivity index (χ1) is 8.99. The summed E-state index contributed by atoms with van der Waals surface area (Å²) in [6, 6.07) is 7.03. The Labute approximate surface area is 106 Å². The highest BCUT2D eigenvalue weighted by Gasteiger charge is 2.18. The fraction of sp³-hybridized carbons (Fsp3) is 0. The Morgan fingerprint density at radius 3 is 2.47 bits per heavy atom. The van der Waals surface area contributed by atoms with Gasteiger partial charge in [0.25, 0.3) is 5.91 Å². The summed E-state index contributed by atoms with van der Waals surface area (Å²) in [7, 11) is 0. The lowest BCUT2D eigenvalue weighted by Gasteiger charge is -2.07. The number of amides is 1. The van der Waals surface area contributed by atoms with Gasteiger partial charge in [-0.1, -0.05) is 6.07 Å². The van der Waals surface area contributed by atoms with E-state index in [0.717, 1.165) is 6.07 Å². The van der Waals surface area contributed by atoms with Crippen LogP contribution in [-0.4, -0.2) is 11.0 Å². The standard InChI is InChI=1S/C13H8F3NO2/c14-10-5-4-9(11(15)12(10)16)13(19)17-7-2-1-3-8(18)6-7/h1-6,18H,(H,17,19). The number of hydrogen-bond acceptors (Lipinski definition) is 2. The summed E-state index contributed by atoms with van der Waals surface area (Å²) in [4.78, 5) is 11.7. The fourth-order valence-corrected chi connectivity index (χ4v) is 1.48. The molecule has 0 aromatic heterocycles. The molecule has 0 atom stereocenters. The van der Waals surface area contributed by atoms with Crippen LogP contribution in [0.4, 0.5) is 18.9 Å². The van der Waals surface area contributed by atoms with Crippen LogP contribution in [0.2, 0.25) is 0 Å². The van der Waals surface area contributed by atoms with Gasteiger partial charge in [0.15, 0.2) is 17.5 Å². The molecule has 0 saturated carbocycles. The van der Waals surface area contributed by atoms with Gasteiger partial charge in [0, 0.05) is 11.8 Å². The second-order valence-electron chi connectivity index (χ2n) is 3.73. The van der Waals surface area contributed by atoms with Crippen LogP contribution in [0.3, 0.4) is 0 Å². The number of aromatic hydroxyl groups is 1. The number of carbonyl (C=O) groups excluding carboxylic acids is 1. The van der Waals surface area contributed by atoms with Gasteiger partial charge >= 0.3 is 0 Å². The maximum atomic E-state index is 13.4. The van der Waals surface area contributed by atoms with Crippen LogP contribution in [0.1, 0.15) is 10.4 Å². The highest BCUT2D eigenvalue weighted by molar-refractivity contribution is 6.04. The van der Waals surface area contributed by atoms with Crippen LogP contribution < -0.4 is 5.32 Å². The number of rotatable bonds is 2. The maximum Gasteiger partial charge on any atom is 0.258 e. The van der Waals surface area contributed by atoms with Crippen molar-refractivity contribution in [1.82, 2.24) is 0 Å². The lowest BCUT2D eigenvalue weighted by Crippen LogP contribution is -2.15. The Kier molecular flexibility index (Phi) is 3.41. The molecule has 2 aromatic rings. The zero-order chi connectivity index (χ0) is 14.0. The Bertz CT molecular complexity index is 644. The van der Waals surface area contributed by atoms with Crippen molar-refractivity contribution in [3.05, 3.63) is 59.4 Å². The SMILES string of the molecule is O=C(Nc1cccc(O)c1)c1ccc(F)c(F)c1F. The third kappa shape index (κ3) is 2.67. The van der Waals surface area contributed by atoms with E-state index in [1.54, 1.807) is 0 Å². The minimum absolute atomic E-state index is 0.0939. The Morgan fingerprint density at radius 1 is 1.05 bits per heavy atom. The van der Waals surface area contributed by atoms with Crippen molar-refractivity contribution in [2.45, 2.75) is 0 Å². The average molecular weight is 267 g/mol. The van der Waals surface area contributed by atoms with Crippen molar-refractivity contribution in [2.24, 2.45) is 0 Å². The van der Waals surface area contributed by atoms with Crippen LogP contribution in [0.25, 0.3) is 0 Å². The molecule has 0 unspecified atom stereocenters. The van der Waals surface area contributed by atoms with E-state index in [-0.39, 0.29) is 11.4 Å². The largest absolute Gasteiger partial charge is 0.508 e. The first-order valence-electron chi connectivity index (χ1n) is 5.23. The number of hydrogen-bond donors (Lipinski definition) is 2. The van der Waals surface area contributed by atoms with Gasteiger partial charge in [-0.2, -0.15) is 0 Å². The van der Waals surface area contributed by atoms with Crippen LogP contribution in [-0.2, 0) is 0 Å². The molecular weight excluding hydrogens is 259 g/mol. The molecule has 3 nitrogen and oxygen atoms in total. The van der Waals surface area contributed by atoms with Gasteiger partial charge in [0.1, 0.15) is 5.75 Å². The second-order valence-corrected chi connectivity index (χ2v) is 3.73. The summed E-state index contributed by atoms with van der Waals surface area (Å²) in [5, 5.41) is 11.5. The first-order valence-corrected chi connectivity index (χ1v) is 5.23. The van der Waals surface area contributed by atoms with Gasteiger partial charge in [-0.25, -0.2) is 13.2 Å². The highest BCUT2D eigenvalue weighted by Crippen LogP contribution is 2.19. The monoisotopic (exact) mass is 267 g/mol. The normalized spacial score (nSPS) is 10.3. The molecule has 0 fully saturated rings. The molecular formula is C13H8F3NO2. The molecule has 2 N–H and O–H groups in total. The predicted molar refractivity (Wildman–Crippen MR) is 62.4 cm³/mol. The lowest BCUT2D eigenvalue weighted by molar-refractivity contribution is 0.102. The molecule has 0 aliphatic heterocycles. The molecule has 2 aromatic carbocycles. The summed E-state index contributed by atoms with van der Waals surface area (Å²) in [6.07, 6.45) is 0. The number of halogens is 3. The van der Waals surface area contributed by atoms with Crippen molar-refractivity contribution >= 4 is 11.6 Å². The van der Waals surface area contributed by atoms with E-state index in [1.807, 2.05) is 0 Å². The third-order valence-electron chi connectivity index (χ3n) is 2.38. The number of phenolic OH excluding ortho intramolecular Hbond substituents is 1. The van der Waals surface area contributed by atoms with Crippen LogP contribution in [0.5, 0.6) is 5.75 Å². The third-order valence-corrected chi connectivity index (χ3v) is 2.38. The lowest BCUT2D eigenvalue weighted by atomic mass is 10.1. The minimum Gasteiger partial charge on any atom is -0.508 e. The minimum atomic E-state index is -1.71. The number of phenols is 1. The van der Waals surface area contributed by atoms with E-state index in [0.29, 0.717) is 6.07 Å². The average Bonchev–Trinajstić information content (AvgIpc) is 2.36. The molecule has 0 spiro atoms. The molecule has 1 amide bonds. The number of nitrogens with one attached hydrogen (secondary N) is 1. The van der Waals surface area contributed by atoms with Gasteiger partial charge in [0.05, 0.1) is 5.56 Å². The van der Waals surface area contributed by atoms with E-state index in [4.69, 9.17) is 0 Å². The molecule has 0 aliphatic carbocycles. The molecule has 6 heteroatoms. The summed E-state index contributed by atoms with van der Waals surface area (Å²) in [5.41, 5.74) is -0.420. The van der Waals surface area contributed by atoms with E-state index in [9.17, 15) is 23.1 Å². The van der Waals surface area contributed by atoms with Gasteiger partial charge in [-0.3, -0.25) is 4.79 Å². The van der Waals surface area contributed by atoms with E-state index in [2.05, 4.69) is 5.32 Å². The Hall–Kier alpha value is -2.50. The second kappa shape index (κ2) is 5.01. The maximum absolute atomic E-state index is 13.4. The molecule has 0 saturated heterocycles. The zero-order valence-electron chi connectivity index (χ0n) is 9.45. The number of carbonyl (C=O) groups is 1. The van der Waals surface area contributed by atoms with Gasteiger partial charge in [0.2, 0.25) is 0 Å². The van der Waals surface area contributed by atoms with Crippen molar-refractivity contribution in [2.75, 3.05) is 5.32 Å². The van der Waals surface area contributed by atoms with Crippen molar-refractivity contribution < 1.29 is 23.1 Å². The Balaban J connectivity index is 2.28. The molecule has 0 radical (unpaired) electrons. The quantitative estimate of drug-likeness (QED) is 0.821. The van der Waals surface area contributed by atoms with Gasteiger partial charge < -0.3 is 10.4 Å². The zero-order valence-corrected chi connectivity index (χ0v) is 9.45. The predicted octanol–water partition coefficient (Wildman–Crippen LogP) is 3.06. The Morgan fingerprint density at radius 2 is 1.79 bits per heavy atom. The summed E-state index contributed by atoms with van der Waals surface area (Å²) in [5.74, 6) is -5.67. The fourth-order valence-electron chi connectivity index (χ4n) is 1.48. The highest BCUT2D eigenvalue weighted by atomic mass is 19.2. The van der Waals surface area contributed by atoms with E-state index < -0.39 is 28.9 Å². The topological polar surface area (TPSA) is 49.3 Å². The van der Waals surface area contributed by atoms with Crippen molar-refractivity contribution in [1.29, 1.82) is 0 Å². The smallest absolute Gasteiger partial charge is 0.258 e. The summed E-state index contributed by atoms with van der Waals surface area (Å²) >= 11 is 0. The number of benzene rings is 2. The van der Waals surface area contributed by atoms with E-state index >= 15 is 0 Å². The van der Waals surface area contributed by atoms with Gasteiger partial charge in [-0.05, 0) is 24.3 Å². The van der Waals surface area contributed by atoms with Gasteiger partial charge in [-0.15, -0.1) is 0 Å². The molecule has 19 heavy (non-hydrogen) atoms.